The second-order valence-electron chi connectivity index (χ2n) is 4.24. The van der Waals surface area contributed by atoms with E-state index in [-0.39, 0.29) is 10.8 Å². The molecule has 1 N–H and O–H groups in total. The molecule has 1 aliphatic heterocycles. The fourth-order valence-electron chi connectivity index (χ4n) is 1.78. The summed E-state index contributed by atoms with van der Waals surface area (Å²) < 4.78 is 37.4. The molecule has 1 unspecified atom stereocenters. The quantitative estimate of drug-likeness (QED) is 0.865. The van der Waals surface area contributed by atoms with E-state index < -0.39 is 15.6 Å². The third kappa shape index (κ3) is 3.13. The first kappa shape index (κ1) is 14.4. The number of rotatable bonds is 5. The van der Waals surface area contributed by atoms with Crippen molar-refractivity contribution in [3.63, 3.8) is 0 Å². The molecule has 0 radical (unpaired) electrons. The molecule has 0 saturated carbocycles. The van der Waals surface area contributed by atoms with E-state index in [0.29, 0.717) is 24.5 Å². The third-order valence-electron chi connectivity index (χ3n) is 3.04. The molecule has 1 saturated heterocycles. The van der Waals surface area contributed by atoms with Gasteiger partial charge >= 0.3 is 0 Å². The van der Waals surface area contributed by atoms with Gasteiger partial charge in [-0.2, -0.15) is 5.26 Å². The van der Waals surface area contributed by atoms with Crippen LogP contribution < -0.4 is 4.72 Å². The van der Waals surface area contributed by atoms with Gasteiger partial charge in [0.15, 0.2) is 0 Å². The Morgan fingerprint density at radius 1 is 1.63 bits per heavy atom. The lowest BCUT2D eigenvalue weighted by Crippen LogP contribution is -2.44. The number of methoxy groups -OCH3 is 1. The van der Waals surface area contributed by atoms with E-state index in [2.05, 4.69) is 4.72 Å². The molecule has 19 heavy (non-hydrogen) atoms. The van der Waals surface area contributed by atoms with Crippen LogP contribution in [0, 0.1) is 11.3 Å². The molecule has 1 aromatic rings. The van der Waals surface area contributed by atoms with Crippen LogP contribution in [0.5, 0.6) is 0 Å². The van der Waals surface area contributed by atoms with E-state index >= 15 is 0 Å². The Balaban J connectivity index is 2.07. The second kappa shape index (κ2) is 5.56. The molecule has 0 spiro atoms. The van der Waals surface area contributed by atoms with Gasteiger partial charge in [0.25, 0.3) is 0 Å². The average molecular weight is 302 g/mol. The summed E-state index contributed by atoms with van der Waals surface area (Å²) >= 11 is 0.945. The minimum atomic E-state index is -3.60. The van der Waals surface area contributed by atoms with Crippen molar-refractivity contribution in [3.8, 4) is 6.07 Å². The highest BCUT2D eigenvalue weighted by molar-refractivity contribution is 7.91. The van der Waals surface area contributed by atoms with Gasteiger partial charge in [-0.05, 0) is 12.1 Å². The smallest absolute Gasteiger partial charge is 0.250 e. The molecule has 1 atom stereocenters. The van der Waals surface area contributed by atoms with E-state index in [0.717, 1.165) is 11.3 Å². The summed E-state index contributed by atoms with van der Waals surface area (Å²) in [5.74, 6) is 0. The molecule has 0 aliphatic carbocycles. The van der Waals surface area contributed by atoms with Crippen LogP contribution in [0.25, 0.3) is 0 Å². The van der Waals surface area contributed by atoms with Crippen LogP contribution in [0.15, 0.2) is 16.3 Å². The highest BCUT2D eigenvalue weighted by atomic mass is 32.2. The zero-order chi connectivity index (χ0) is 13.9. The summed E-state index contributed by atoms with van der Waals surface area (Å²) in [5.41, 5.74) is -0.595. The first-order valence-electron chi connectivity index (χ1n) is 5.64. The summed E-state index contributed by atoms with van der Waals surface area (Å²) in [4.78, 5) is 0.367. The van der Waals surface area contributed by atoms with Crippen LogP contribution in [0.1, 0.15) is 11.3 Å². The molecule has 1 aromatic heterocycles. The molecular formula is C11H14N2O4S2. The lowest BCUT2D eigenvalue weighted by Gasteiger charge is -2.25. The lowest BCUT2D eigenvalue weighted by molar-refractivity contribution is -0.0120. The Hall–Kier alpha value is -0.980. The van der Waals surface area contributed by atoms with Crippen molar-refractivity contribution in [1.29, 1.82) is 5.26 Å². The Bertz CT molecular complexity index is 582. The number of hydrogen-bond donors (Lipinski definition) is 1. The van der Waals surface area contributed by atoms with Gasteiger partial charge in [-0.3, -0.25) is 0 Å². The van der Waals surface area contributed by atoms with Gasteiger partial charge in [0.05, 0.1) is 6.61 Å². The van der Waals surface area contributed by atoms with E-state index in [4.69, 9.17) is 14.7 Å². The monoisotopic (exact) mass is 302 g/mol. The molecule has 1 aliphatic rings. The number of sulfonamides is 1. The fraction of sp³-hybridized carbons (Fsp3) is 0.545. The highest BCUT2D eigenvalue weighted by Gasteiger charge is 2.36. The van der Waals surface area contributed by atoms with Crippen LogP contribution in [0.3, 0.4) is 0 Å². The summed E-state index contributed by atoms with van der Waals surface area (Å²) in [6, 6.07) is 4.83. The lowest BCUT2D eigenvalue weighted by atomic mass is 10.0. The molecular weight excluding hydrogens is 288 g/mol. The standard InChI is InChI=1S/C11H14N2O4S2/c1-16-11(4-5-17-8-11)7-13-19(14,15)10-3-2-9(6-12)18-10/h2-3,13H,4-5,7-8H2,1H3. The van der Waals surface area contributed by atoms with Crippen LogP contribution in [-0.2, 0) is 19.5 Å². The SMILES string of the molecule is COC1(CNS(=O)(=O)c2ccc(C#N)s2)CCOC1. The van der Waals surface area contributed by atoms with Gasteiger partial charge in [0.1, 0.15) is 20.8 Å². The number of nitrogens with zero attached hydrogens (tertiary/aromatic N) is 1. The van der Waals surface area contributed by atoms with Gasteiger partial charge in [0.2, 0.25) is 10.0 Å². The summed E-state index contributed by atoms with van der Waals surface area (Å²) in [6.07, 6.45) is 0.653. The molecule has 0 amide bonds. The predicted octanol–water partition coefficient (Wildman–Crippen LogP) is 0.704. The zero-order valence-corrected chi connectivity index (χ0v) is 12.0. The molecule has 1 fully saturated rings. The maximum Gasteiger partial charge on any atom is 0.250 e. The number of nitriles is 1. The largest absolute Gasteiger partial charge is 0.378 e. The summed E-state index contributed by atoms with van der Waals surface area (Å²) in [5, 5.41) is 8.71. The van der Waals surface area contributed by atoms with Crippen molar-refractivity contribution in [1.82, 2.24) is 4.72 Å². The Labute approximate surface area is 116 Å². The van der Waals surface area contributed by atoms with Gasteiger partial charge in [0, 0.05) is 26.7 Å². The van der Waals surface area contributed by atoms with E-state index in [1.54, 1.807) is 7.11 Å². The topological polar surface area (TPSA) is 88.4 Å². The number of hydrogen-bond acceptors (Lipinski definition) is 6. The molecule has 6 nitrogen and oxygen atoms in total. The molecule has 8 heteroatoms. The van der Waals surface area contributed by atoms with Crippen LogP contribution in [0.4, 0.5) is 0 Å². The van der Waals surface area contributed by atoms with Crippen LogP contribution in [-0.4, -0.2) is 40.9 Å². The normalized spacial score (nSPS) is 23.4. The molecule has 0 aromatic carbocycles. The van der Waals surface area contributed by atoms with Gasteiger partial charge in [-0.15, -0.1) is 11.3 Å². The van der Waals surface area contributed by atoms with Crippen molar-refractivity contribution in [2.45, 2.75) is 16.2 Å². The van der Waals surface area contributed by atoms with E-state index in [1.165, 1.54) is 12.1 Å². The Morgan fingerprint density at radius 2 is 2.42 bits per heavy atom. The van der Waals surface area contributed by atoms with E-state index in [1.807, 2.05) is 6.07 Å². The minimum Gasteiger partial charge on any atom is -0.378 e. The van der Waals surface area contributed by atoms with Crippen LogP contribution in [0.2, 0.25) is 0 Å². The first-order chi connectivity index (χ1) is 9.01. The van der Waals surface area contributed by atoms with Gasteiger partial charge in [-0.25, -0.2) is 13.1 Å². The van der Waals surface area contributed by atoms with Crippen molar-refractivity contribution in [2.24, 2.45) is 0 Å². The number of nitrogens with one attached hydrogen (secondary N) is 1. The maximum absolute atomic E-state index is 12.1. The molecule has 104 valence electrons. The van der Waals surface area contributed by atoms with Gasteiger partial charge in [-0.1, -0.05) is 0 Å². The van der Waals surface area contributed by atoms with Crippen molar-refractivity contribution in [3.05, 3.63) is 17.0 Å². The van der Waals surface area contributed by atoms with E-state index in [9.17, 15) is 8.42 Å². The zero-order valence-electron chi connectivity index (χ0n) is 10.4. The summed E-state index contributed by atoms with van der Waals surface area (Å²) in [7, 11) is -2.06. The highest BCUT2D eigenvalue weighted by Crippen LogP contribution is 2.24. The van der Waals surface area contributed by atoms with Gasteiger partial charge < -0.3 is 9.47 Å². The second-order valence-corrected chi connectivity index (χ2v) is 7.32. The van der Waals surface area contributed by atoms with Crippen molar-refractivity contribution in [2.75, 3.05) is 26.9 Å². The number of thiophene rings is 1. The Kier molecular flexibility index (Phi) is 4.23. The number of ether oxygens (including phenoxy) is 2. The fourth-order valence-corrected chi connectivity index (χ4v) is 4.05. The average Bonchev–Trinajstić information content (AvgIpc) is 3.06. The Morgan fingerprint density at radius 3 is 2.95 bits per heavy atom. The van der Waals surface area contributed by atoms with Crippen molar-refractivity contribution < 1.29 is 17.9 Å². The summed E-state index contributed by atoms with van der Waals surface area (Å²) in [6.45, 7) is 1.10. The molecule has 2 rings (SSSR count). The molecule has 2 heterocycles. The van der Waals surface area contributed by atoms with Crippen LogP contribution >= 0.6 is 11.3 Å². The van der Waals surface area contributed by atoms with Crippen molar-refractivity contribution >= 4 is 21.4 Å². The molecule has 0 bridgehead atoms. The third-order valence-corrected chi connectivity index (χ3v) is 5.92. The maximum atomic E-state index is 12.1. The minimum absolute atomic E-state index is 0.134. The first-order valence-corrected chi connectivity index (χ1v) is 7.94. The predicted molar refractivity (Wildman–Crippen MR) is 69.4 cm³/mol.